The SMILES string of the molecule is CC(C)(C)c1ccc(C(=O)N2CCC3(CC2)C(=O)N(CC(=O)N2CCOCC2)CN3c2ccccc2)cc1. The Kier molecular flexibility index (Phi) is 7.18. The molecule has 38 heavy (non-hydrogen) atoms. The van der Waals surface area contributed by atoms with Crippen molar-refractivity contribution in [2.75, 3.05) is 57.5 Å². The Bertz CT molecular complexity index is 1160. The molecule has 8 nitrogen and oxygen atoms in total. The van der Waals surface area contributed by atoms with Crippen molar-refractivity contribution >= 4 is 23.4 Å². The van der Waals surface area contributed by atoms with E-state index in [-0.39, 0.29) is 29.7 Å². The monoisotopic (exact) mass is 518 g/mol. The van der Waals surface area contributed by atoms with Gasteiger partial charge in [0.2, 0.25) is 5.91 Å². The molecular weight excluding hydrogens is 480 g/mol. The van der Waals surface area contributed by atoms with Crippen molar-refractivity contribution < 1.29 is 19.1 Å². The van der Waals surface area contributed by atoms with E-state index in [1.54, 1.807) is 9.80 Å². The highest BCUT2D eigenvalue weighted by atomic mass is 16.5. The van der Waals surface area contributed by atoms with E-state index in [1.807, 2.05) is 59.5 Å². The molecule has 0 N–H and O–H groups in total. The zero-order valence-electron chi connectivity index (χ0n) is 22.7. The lowest BCUT2D eigenvalue weighted by atomic mass is 9.84. The number of benzene rings is 2. The Balaban J connectivity index is 1.32. The molecule has 5 rings (SSSR count). The van der Waals surface area contributed by atoms with Crippen molar-refractivity contribution in [3.05, 3.63) is 65.7 Å². The second-order valence-electron chi connectivity index (χ2n) is 11.6. The maximum Gasteiger partial charge on any atom is 0.253 e. The van der Waals surface area contributed by atoms with Crippen LogP contribution in [0.1, 0.15) is 49.5 Å². The number of carbonyl (C=O) groups is 3. The highest BCUT2D eigenvalue weighted by molar-refractivity contribution is 5.97. The number of nitrogens with zero attached hydrogens (tertiary/aromatic N) is 4. The number of rotatable bonds is 4. The van der Waals surface area contributed by atoms with Crippen molar-refractivity contribution in [3.8, 4) is 0 Å². The average Bonchev–Trinajstić information content (AvgIpc) is 3.19. The lowest BCUT2D eigenvalue weighted by Gasteiger charge is -2.43. The fourth-order valence-corrected chi connectivity index (χ4v) is 5.77. The summed E-state index contributed by atoms with van der Waals surface area (Å²) in [5.74, 6) is -0.0704. The summed E-state index contributed by atoms with van der Waals surface area (Å²) in [5, 5.41) is 0. The molecular formula is C30H38N4O4. The van der Waals surface area contributed by atoms with Crippen molar-refractivity contribution in [2.45, 2.75) is 44.6 Å². The lowest BCUT2D eigenvalue weighted by Crippen LogP contribution is -2.57. The normalized spacial score (nSPS) is 19.8. The summed E-state index contributed by atoms with van der Waals surface area (Å²) in [4.78, 5) is 47.8. The van der Waals surface area contributed by atoms with Gasteiger partial charge in [-0.05, 0) is 48.1 Å². The fraction of sp³-hybridized carbons (Fsp3) is 0.500. The molecule has 0 unspecified atom stereocenters. The highest BCUT2D eigenvalue weighted by Gasteiger charge is 2.54. The highest BCUT2D eigenvalue weighted by Crippen LogP contribution is 2.39. The Hall–Kier alpha value is -3.39. The van der Waals surface area contributed by atoms with Gasteiger partial charge < -0.3 is 24.3 Å². The smallest absolute Gasteiger partial charge is 0.253 e. The first-order valence-corrected chi connectivity index (χ1v) is 13.6. The van der Waals surface area contributed by atoms with Crippen LogP contribution in [0, 0.1) is 0 Å². The van der Waals surface area contributed by atoms with Crippen LogP contribution >= 0.6 is 0 Å². The molecule has 0 radical (unpaired) electrons. The fourth-order valence-electron chi connectivity index (χ4n) is 5.77. The standard InChI is InChI=1S/C30H38N4O4/c1-29(2,3)24-11-9-23(10-12-24)27(36)32-15-13-30(14-16-32)28(37)33(21-26(35)31-17-19-38-20-18-31)22-34(30)25-7-5-4-6-8-25/h4-12H,13-22H2,1-3H3. The number of anilines is 1. The summed E-state index contributed by atoms with van der Waals surface area (Å²) in [5.41, 5.74) is 2.08. The summed E-state index contributed by atoms with van der Waals surface area (Å²) in [6.45, 7) is 10.0. The van der Waals surface area contributed by atoms with E-state index in [1.165, 1.54) is 5.56 Å². The first-order chi connectivity index (χ1) is 18.2. The lowest BCUT2D eigenvalue weighted by molar-refractivity contribution is -0.143. The first kappa shape index (κ1) is 26.2. The number of hydrogen-bond acceptors (Lipinski definition) is 5. The minimum absolute atomic E-state index is 0.00336. The van der Waals surface area contributed by atoms with Gasteiger partial charge in [-0.15, -0.1) is 0 Å². The third-order valence-corrected chi connectivity index (χ3v) is 8.15. The number of ether oxygens (including phenoxy) is 1. The van der Waals surface area contributed by atoms with Gasteiger partial charge in [0, 0.05) is 37.4 Å². The summed E-state index contributed by atoms with van der Waals surface area (Å²) in [6.07, 6.45) is 1.05. The van der Waals surface area contributed by atoms with E-state index in [0.717, 1.165) is 5.69 Å². The van der Waals surface area contributed by atoms with Crippen molar-refractivity contribution in [1.82, 2.24) is 14.7 Å². The quantitative estimate of drug-likeness (QED) is 0.622. The molecule has 3 heterocycles. The predicted octanol–water partition coefficient (Wildman–Crippen LogP) is 3.12. The van der Waals surface area contributed by atoms with Gasteiger partial charge >= 0.3 is 0 Å². The third kappa shape index (κ3) is 5.01. The molecule has 0 bridgehead atoms. The van der Waals surface area contributed by atoms with E-state index in [2.05, 4.69) is 25.7 Å². The number of hydrogen-bond donors (Lipinski definition) is 0. The van der Waals surface area contributed by atoms with Crippen LogP contribution < -0.4 is 4.90 Å². The summed E-state index contributed by atoms with van der Waals surface area (Å²) < 4.78 is 5.37. The Morgan fingerprint density at radius 1 is 0.868 bits per heavy atom. The number of morpholine rings is 1. The maximum absolute atomic E-state index is 13.9. The maximum atomic E-state index is 13.9. The summed E-state index contributed by atoms with van der Waals surface area (Å²) in [6, 6.07) is 17.8. The Morgan fingerprint density at radius 2 is 1.50 bits per heavy atom. The van der Waals surface area contributed by atoms with Gasteiger partial charge in [0.25, 0.3) is 11.8 Å². The molecule has 3 amide bonds. The largest absolute Gasteiger partial charge is 0.378 e. The van der Waals surface area contributed by atoms with Crippen LogP contribution in [0.2, 0.25) is 0 Å². The van der Waals surface area contributed by atoms with E-state index < -0.39 is 5.54 Å². The predicted molar refractivity (Wildman–Crippen MR) is 146 cm³/mol. The second-order valence-corrected chi connectivity index (χ2v) is 11.6. The summed E-state index contributed by atoms with van der Waals surface area (Å²) >= 11 is 0. The number of para-hydroxylation sites is 1. The zero-order valence-corrected chi connectivity index (χ0v) is 22.7. The van der Waals surface area contributed by atoms with Gasteiger partial charge in [0.1, 0.15) is 12.1 Å². The van der Waals surface area contributed by atoms with Crippen LogP contribution in [-0.2, 0) is 19.7 Å². The molecule has 2 aromatic rings. The van der Waals surface area contributed by atoms with Gasteiger partial charge in [0.15, 0.2) is 0 Å². The van der Waals surface area contributed by atoms with Gasteiger partial charge in [-0.3, -0.25) is 14.4 Å². The van der Waals surface area contributed by atoms with Crippen LogP contribution in [0.15, 0.2) is 54.6 Å². The molecule has 3 saturated heterocycles. The molecule has 3 fully saturated rings. The molecule has 3 aliphatic rings. The van der Waals surface area contributed by atoms with Crippen LogP contribution in [0.4, 0.5) is 5.69 Å². The van der Waals surface area contributed by atoms with Gasteiger partial charge in [-0.1, -0.05) is 51.1 Å². The minimum atomic E-state index is -0.764. The van der Waals surface area contributed by atoms with E-state index >= 15 is 0 Å². The average molecular weight is 519 g/mol. The first-order valence-electron chi connectivity index (χ1n) is 13.6. The Morgan fingerprint density at radius 3 is 2.11 bits per heavy atom. The van der Waals surface area contributed by atoms with Crippen molar-refractivity contribution in [2.24, 2.45) is 0 Å². The Labute approximate surface area is 225 Å². The van der Waals surface area contributed by atoms with E-state index in [0.29, 0.717) is 64.5 Å². The third-order valence-electron chi connectivity index (χ3n) is 8.15. The minimum Gasteiger partial charge on any atom is -0.378 e. The molecule has 3 aliphatic heterocycles. The van der Waals surface area contributed by atoms with Crippen molar-refractivity contribution in [3.63, 3.8) is 0 Å². The van der Waals surface area contributed by atoms with Gasteiger partial charge in [-0.2, -0.15) is 0 Å². The molecule has 0 saturated carbocycles. The van der Waals surface area contributed by atoms with E-state index in [4.69, 9.17) is 4.74 Å². The molecule has 202 valence electrons. The number of piperidine rings is 1. The second kappa shape index (κ2) is 10.4. The van der Waals surface area contributed by atoms with Crippen LogP contribution in [-0.4, -0.2) is 90.6 Å². The van der Waals surface area contributed by atoms with Crippen LogP contribution in [0.5, 0.6) is 0 Å². The topological polar surface area (TPSA) is 73.4 Å². The molecule has 0 aliphatic carbocycles. The van der Waals surface area contributed by atoms with Gasteiger partial charge in [-0.25, -0.2) is 0 Å². The molecule has 2 aromatic carbocycles. The molecule has 1 spiro atoms. The van der Waals surface area contributed by atoms with E-state index in [9.17, 15) is 14.4 Å². The number of carbonyl (C=O) groups excluding carboxylic acids is 3. The van der Waals surface area contributed by atoms with Crippen LogP contribution in [0.3, 0.4) is 0 Å². The zero-order chi connectivity index (χ0) is 26.9. The van der Waals surface area contributed by atoms with Gasteiger partial charge in [0.05, 0.1) is 19.9 Å². The van der Waals surface area contributed by atoms with Crippen molar-refractivity contribution in [1.29, 1.82) is 0 Å². The summed E-state index contributed by atoms with van der Waals surface area (Å²) in [7, 11) is 0. The number of amides is 3. The molecule has 0 atom stereocenters. The van der Waals surface area contributed by atoms with Crippen LogP contribution in [0.25, 0.3) is 0 Å². The molecule has 8 heteroatoms. The molecule has 0 aromatic heterocycles. The number of likely N-dealkylation sites (tertiary alicyclic amines) is 1.